The molecule has 6 heteroatoms. The first-order valence-electron chi connectivity index (χ1n) is 10.2. The Labute approximate surface area is 173 Å². The van der Waals surface area contributed by atoms with Gasteiger partial charge < -0.3 is 5.32 Å². The van der Waals surface area contributed by atoms with Crippen molar-refractivity contribution in [1.82, 2.24) is 5.32 Å². The lowest BCUT2D eigenvalue weighted by Gasteiger charge is -2.24. The highest BCUT2D eigenvalue weighted by Crippen LogP contribution is 2.44. The molecule has 3 unspecified atom stereocenters. The molecule has 0 aliphatic heterocycles. The second kappa shape index (κ2) is 7.82. The summed E-state index contributed by atoms with van der Waals surface area (Å²) < 4.78 is 26.2. The lowest BCUT2D eigenvalue weighted by Crippen LogP contribution is -2.38. The number of carbonyl (C=O) groups excluding carboxylic acids is 1. The number of carbonyl (C=O) groups is 1. The Morgan fingerprint density at radius 2 is 1.79 bits per heavy atom. The van der Waals surface area contributed by atoms with Gasteiger partial charge in [-0.2, -0.15) is 0 Å². The molecule has 2 saturated carbocycles. The molecule has 2 fully saturated rings. The van der Waals surface area contributed by atoms with Crippen LogP contribution in [-0.2, 0) is 16.6 Å². The van der Waals surface area contributed by atoms with Gasteiger partial charge in [0.05, 0.1) is 18.5 Å². The van der Waals surface area contributed by atoms with E-state index in [2.05, 4.69) is 5.32 Å². The number of aryl methyl sites for hydroxylation is 1. The number of fused-ring (bicyclic) bond motifs is 2. The Bertz CT molecular complexity index is 1000. The van der Waals surface area contributed by atoms with Crippen molar-refractivity contribution in [3.63, 3.8) is 0 Å². The van der Waals surface area contributed by atoms with E-state index in [0.717, 1.165) is 23.5 Å². The minimum atomic E-state index is -3.46. The summed E-state index contributed by atoms with van der Waals surface area (Å²) in [6, 6.07) is 14.9. The fourth-order valence-electron chi connectivity index (χ4n) is 4.79. The normalized spacial score (nSPS) is 23.2. The molecule has 5 nitrogen and oxygen atoms in total. The first-order valence-corrected chi connectivity index (χ1v) is 12.1. The zero-order valence-electron chi connectivity index (χ0n) is 17.0. The van der Waals surface area contributed by atoms with E-state index in [1.54, 1.807) is 24.3 Å². The lowest BCUT2D eigenvalue weighted by molar-refractivity contribution is 0.0923. The maximum atomic E-state index is 12.6. The van der Waals surface area contributed by atoms with Gasteiger partial charge in [-0.25, -0.2) is 8.42 Å². The van der Waals surface area contributed by atoms with Crippen LogP contribution in [0.5, 0.6) is 0 Å². The molecule has 1 N–H and O–H groups in total. The van der Waals surface area contributed by atoms with Crippen LogP contribution in [0, 0.1) is 18.8 Å². The van der Waals surface area contributed by atoms with Gasteiger partial charge in [-0.1, -0.05) is 30.7 Å². The van der Waals surface area contributed by atoms with Crippen LogP contribution in [0.3, 0.4) is 0 Å². The maximum Gasteiger partial charge on any atom is 0.251 e. The number of rotatable bonds is 6. The van der Waals surface area contributed by atoms with Crippen LogP contribution in [0.4, 0.5) is 5.69 Å². The van der Waals surface area contributed by atoms with Crippen molar-refractivity contribution in [2.75, 3.05) is 10.6 Å². The average Bonchev–Trinajstić information content (AvgIpc) is 3.30. The molecule has 4 rings (SSSR count). The quantitative estimate of drug-likeness (QED) is 0.783. The number of sulfonamides is 1. The second-order valence-electron chi connectivity index (χ2n) is 8.50. The van der Waals surface area contributed by atoms with Gasteiger partial charge in [0.2, 0.25) is 10.0 Å². The third kappa shape index (κ3) is 4.32. The predicted molar refractivity (Wildman–Crippen MR) is 115 cm³/mol. The van der Waals surface area contributed by atoms with E-state index in [1.165, 1.54) is 29.8 Å². The minimum absolute atomic E-state index is 0.0705. The number of nitrogens with one attached hydrogen (secondary N) is 1. The summed E-state index contributed by atoms with van der Waals surface area (Å²) in [6.45, 7) is 2.24. The van der Waals surface area contributed by atoms with Gasteiger partial charge in [0.15, 0.2) is 0 Å². The Morgan fingerprint density at radius 3 is 2.38 bits per heavy atom. The van der Waals surface area contributed by atoms with E-state index >= 15 is 0 Å². The van der Waals surface area contributed by atoms with Crippen LogP contribution >= 0.6 is 0 Å². The van der Waals surface area contributed by atoms with E-state index in [0.29, 0.717) is 17.2 Å². The van der Waals surface area contributed by atoms with Crippen molar-refractivity contribution in [3.8, 4) is 0 Å². The van der Waals surface area contributed by atoms with Gasteiger partial charge in [0, 0.05) is 11.6 Å². The molecule has 0 aromatic heterocycles. The highest BCUT2D eigenvalue weighted by Gasteiger charge is 2.40. The van der Waals surface area contributed by atoms with Crippen molar-refractivity contribution in [1.29, 1.82) is 0 Å². The topological polar surface area (TPSA) is 66.5 Å². The number of benzene rings is 2. The summed E-state index contributed by atoms with van der Waals surface area (Å²) in [5, 5.41) is 3.18. The zero-order valence-corrected chi connectivity index (χ0v) is 17.8. The van der Waals surface area contributed by atoms with Crippen LogP contribution in [0.15, 0.2) is 48.5 Å². The summed E-state index contributed by atoms with van der Waals surface area (Å²) in [4.78, 5) is 12.6. The monoisotopic (exact) mass is 412 g/mol. The van der Waals surface area contributed by atoms with Crippen molar-refractivity contribution < 1.29 is 13.2 Å². The second-order valence-corrected chi connectivity index (χ2v) is 10.4. The smallest absolute Gasteiger partial charge is 0.251 e. The summed E-state index contributed by atoms with van der Waals surface area (Å²) in [7, 11) is -3.46. The van der Waals surface area contributed by atoms with Gasteiger partial charge in [0.1, 0.15) is 0 Å². The molecular weight excluding hydrogens is 384 g/mol. The minimum Gasteiger partial charge on any atom is -0.349 e. The molecule has 154 valence electrons. The number of hydrogen-bond acceptors (Lipinski definition) is 3. The summed E-state index contributed by atoms with van der Waals surface area (Å²) >= 11 is 0. The Hall–Kier alpha value is -2.34. The van der Waals surface area contributed by atoms with Gasteiger partial charge in [-0.05, 0) is 73.4 Å². The van der Waals surface area contributed by atoms with Crippen LogP contribution < -0.4 is 9.62 Å². The Balaban J connectivity index is 1.50. The van der Waals surface area contributed by atoms with Crippen molar-refractivity contribution >= 4 is 21.6 Å². The van der Waals surface area contributed by atoms with E-state index in [4.69, 9.17) is 0 Å². The molecule has 2 bridgehead atoms. The summed E-state index contributed by atoms with van der Waals surface area (Å²) in [5.41, 5.74) is 3.13. The molecule has 3 atom stereocenters. The zero-order chi connectivity index (χ0) is 20.6. The Kier molecular flexibility index (Phi) is 5.38. The first-order chi connectivity index (χ1) is 13.8. The van der Waals surface area contributed by atoms with E-state index in [-0.39, 0.29) is 18.5 Å². The summed E-state index contributed by atoms with van der Waals surface area (Å²) in [5.74, 6) is 1.33. The van der Waals surface area contributed by atoms with Crippen LogP contribution in [-0.4, -0.2) is 26.6 Å². The van der Waals surface area contributed by atoms with Gasteiger partial charge >= 0.3 is 0 Å². The molecule has 1 amide bonds. The molecular formula is C23H28N2O3S. The Morgan fingerprint density at radius 1 is 1.07 bits per heavy atom. The number of nitrogens with zero attached hydrogens (tertiary/aromatic N) is 1. The number of anilines is 1. The predicted octanol–water partition coefficient (Wildman–Crippen LogP) is 3.88. The average molecular weight is 413 g/mol. The molecule has 2 aromatic carbocycles. The van der Waals surface area contributed by atoms with Crippen molar-refractivity contribution in [2.24, 2.45) is 11.8 Å². The van der Waals surface area contributed by atoms with E-state index < -0.39 is 10.0 Å². The van der Waals surface area contributed by atoms with Crippen LogP contribution in [0.25, 0.3) is 0 Å². The van der Waals surface area contributed by atoms with Gasteiger partial charge in [-0.3, -0.25) is 9.10 Å². The standard InChI is InChI=1S/C23H28N2O3S/c1-16-5-3-4-6-20(16)15-25(29(2,27)28)21-11-9-18(10-12-21)23(26)24-22-14-17-7-8-19(22)13-17/h3-6,9-12,17,19,22H,7-8,13-15H2,1-2H3,(H,24,26). The SMILES string of the molecule is Cc1ccccc1CN(c1ccc(C(=O)NC2CC3CCC2C3)cc1)S(C)(=O)=O. The van der Waals surface area contributed by atoms with Gasteiger partial charge in [0.25, 0.3) is 5.91 Å². The fourth-order valence-corrected chi connectivity index (χ4v) is 5.67. The third-order valence-corrected chi connectivity index (χ3v) is 7.59. The molecule has 0 spiro atoms. The lowest BCUT2D eigenvalue weighted by atomic mass is 9.95. The molecule has 2 aliphatic rings. The number of hydrogen-bond donors (Lipinski definition) is 1. The number of amides is 1. The highest BCUT2D eigenvalue weighted by atomic mass is 32.2. The van der Waals surface area contributed by atoms with Crippen molar-refractivity contribution in [3.05, 3.63) is 65.2 Å². The molecule has 0 saturated heterocycles. The first kappa shape index (κ1) is 20.0. The van der Waals surface area contributed by atoms with Crippen molar-refractivity contribution in [2.45, 2.75) is 45.2 Å². The molecule has 2 aromatic rings. The largest absolute Gasteiger partial charge is 0.349 e. The fraction of sp³-hybridized carbons (Fsp3) is 0.435. The molecule has 0 radical (unpaired) electrons. The molecule has 29 heavy (non-hydrogen) atoms. The van der Waals surface area contributed by atoms with Crippen LogP contribution in [0.1, 0.15) is 47.2 Å². The highest BCUT2D eigenvalue weighted by molar-refractivity contribution is 7.92. The molecule has 0 heterocycles. The molecule has 2 aliphatic carbocycles. The van der Waals surface area contributed by atoms with Crippen LogP contribution in [0.2, 0.25) is 0 Å². The summed E-state index contributed by atoms with van der Waals surface area (Å²) in [6.07, 6.45) is 6.06. The van der Waals surface area contributed by atoms with E-state index in [1.807, 2.05) is 31.2 Å². The maximum absolute atomic E-state index is 12.6. The van der Waals surface area contributed by atoms with E-state index in [9.17, 15) is 13.2 Å². The third-order valence-electron chi connectivity index (χ3n) is 6.45. The van der Waals surface area contributed by atoms with Gasteiger partial charge in [-0.15, -0.1) is 0 Å².